The normalized spacial score (nSPS) is 10.6. The Kier molecular flexibility index (Phi) is 3.76. The Bertz CT molecular complexity index is 760. The molecule has 1 N–H and O–H groups in total. The summed E-state index contributed by atoms with van der Waals surface area (Å²) < 4.78 is 0. The number of nitrogens with zero attached hydrogens (tertiary/aromatic N) is 1. The van der Waals surface area contributed by atoms with Gasteiger partial charge < -0.3 is 5.32 Å². The molecule has 3 aromatic rings. The first-order valence-corrected chi connectivity index (χ1v) is 7.82. The highest BCUT2D eigenvalue weighted by Gasteiger charge is 2.12. The van der Waals surface area contributed by atoms with E-state index in [2.05, 4.69) is 44.3 Å². The van der Waals surface area contributed by atoms with E-state index in [0.717, 1.165) is 16.5 Å². The van der Waals surface area contributed by atoms with Crippen LogP contribution in [0.1, 0.15) is 16.0 Å². The van der Waals surface area contributed by atoms with Crippen molar-refractivity contribution in [3.05, 3.63) is 64.5 Å². The molecule has 0 fully saturated rings. The summed E-state index contributed by atoms with van der Waals surface area (Å²) in [6.45, 7) is 6.39. The Morgan fingerprint density at radius 2 is 1.71 bits per heavy atom. The maximum absolute atomic E-state index is 4.77. The van der Waals surface area contributed by atoms with Crippen molar-refractivity contribution < 1.29 is 0 Å². The number of para-hydroxylation sites is 1. The summed E-state index contributed by atoms with van der Waals surface area (Å²) in [6.07, 6.45) is 0. The molecule has 2 aromatic carbocycles. The zero-order valence-electron chi connectivity index (χ0n) is 12.5. The molecule has 0 saturated heterocycles. The van der Waals surface area contributed by atoms with E-state index in [1.54, 1.807) is 11.3 Å². The number of thiazole rings is 1. The number of benzene rings is 2. The van der Waals surface area contributed by atoms with Gasteiger partial charge in [0, 0.05) is 16.1 Å². The van der Waals surface area contributed by atoms with E-state index in [4.69, 9.17) is 4.98 Å². The van der Waals surface area contributed by atoms with Crippen LogP contribution in [-0.2, 0) is 0 Å². The third kappa shape index (κ3) is 2.98. The number of rotatable bonds is 3. The average Bonchev–Trinajstić information content (AvgIpc) is 2.80. The molecular weight excluding hydrogens is 276 g/mol. The molecule has 2 nitrogen and oxygen atoms in total. The van der Waals surface area contributed by atoms with Gasteiger partial charge in [0.1, 0.15) is 0 Å². The van der Waals surface area contributed by atoms with Crippen molar-refractivity contribution in [1.82, 2.24) is 4.98 Å². The summed E-state index contributed by atoms with van der Waals surface area (Å²) in [5.41, 5.74) is 5.92. The minimum Gasteiger partial charge on any atom is -0.332 e. The van der Waals surface area contributed by atoms with Gasteiger partial charge in [-0.2, -0.15) is 0 Å². The fourth-order valence-electron chi connectivity index (χ4n) is 2.42. The van der Waals surface area contributed by atoms with E-state index in [1.165, 1.54) is 21.6 Å². The van der Waals surface area contributed by atoms with Gasteiger partial charge in [-0.15, -0.1) is 11.3 Å². The van der Waals surface area contributed by atoms with Gasteiger partial charge in [0.2, 0.25) is 0 Å². The molecule has 0 saturated carbocycles. The molecule has 0 aliphatic rings. The predicted molar refractivity (Wildman–Crippen MR) is 91.5 cm³/mol. The van der Waals surface area contributed by atoms with Gasteiger partial charge in [0.15, 0.2) is 5.13 Å². The highest BCUT2D eigenvalue weighted by Crippen LogP contribution is 2.33. The van der Waals surface area contributed by atoms with Gasteiger partial charge in [-0.25, -0.2) is 4.98 Å². The smallest absolute Gasteiger partial charge is 0.187 e. The van der Waals surface area contributed by atoms with Crippen LogP contribution in [0.2, 0.25) is 0 Å². The molecule has 0 spiro atoms. The van der Waals surface area contributed by atoms with Crippen LogP contribution in [0, 0.1) is 20.8 Å². The lowest BCUT2D eigenvalue weighted by Crippen LogP contribution is -1.90. The molecule has 106 valence electrons. The van der Waals surface area contributed by atoms with E-state index < -0.39 is 0 Å². The van der Waals surface area contributed by atoms with Crippen LogP contribution in [-0.4, -0.2) is 4.98 Å². The first-order chi connectivity index (χ1) is 10.1. The Labute approximate surface area is 129 Å². The molecule has 0 radical (unpaired) electrons. The van der Waals surface area contributed by atoms with E-state index in [1.807, 2.05) is 30.3 Å². The first kappa shape index (κ1) is 13.8. The number of hydrogen-bond donors (Lipinski definition) is 1. The van der Waals surface area contributed by atoms with E-state index >= 15 is 0 Å². The molecule has 3 heteroatoms. The van der Waals surface area contributed by atoms with Crippen LogP contribution in [0.3, 0.4) is 0 Å². The molecule has 3 rings (SSSR count). The standard InChI is InChI=1S/C18H18N2S/c1-12-9-10-16(13(2)11-12)17-14(3)21-18(20-17)19-15-7-5-4-6-8-15/h4-11H,1-3H3,(H,19,20). The van der Waals surface area contributed by atoms with Gasteiger partial charge in [-0.3, -0.25) is 0 Å². The zero-order valence-corrected chi connectivity index (χ0v) is 13.3. The third-order valence-corrected chi connectivity index (χ3v) is 4.34. The molecular formula is C18H18N2S. The molecule has 0 aliphatic carbocycles. The zero-order chi connectivity index (χ0) is 14.8. The van der Waals surface area contributed by atoms with Crippen molar-refractivity contribution >= 4 is 22.2 Å². The third-order valence-electron chi connectivity index (χ3n) is 3.46. The van der Waals surface area contributed by atoms with Crippen LogP contribution in [0.25, 0.3) is 11.3 Å². The Hall–Kier alpha value is -2.13. The second-order valence-electron chi connectivity index (χ2n) is 5.23. The van der Waals surface area contributed by atoms with Crippen LogP contribution in [0.4, 0.5) is 10.8 Å². The second-order valence-corrected chi connectivity index (χ2v) is 6.44. The molecule has 0 unspecified atom stereocenters. The van der Waals surface area contributed by atoms with Gasteiger partial charge in [-0.05, 0) is 38.5 Å². The lowest BCUT2D eigenvalue weighted by molar-refractivity contribution is 1.31. The highest BCUT2D eigenvalue weighted by molar-refractivity contribution is 7.16. The van der Waals surface area contributed by atoms with E-state index in [0.29, 0.717) is 0 Å². The fraction of sp³-hybridized carbons (Fsp3) is 0.167. The van der Waals surface area contributed by atoms with Crippen molar-refractivity contribution in [2.24, 2.45) is 0 Å². The number of aromatic nitrogens is 1. The number of anilines is 2. The summed E-state index contributed by atoms with van der Waals surface area (Å²) in [6, 6.07) is 16.7. The maximum atomic E-state index is 4.77. The lowest BCUT2D eigenvalue weighted by atomic mass is 10.0. The van der Waals surface area contributed by atoms with Gasteiger partial charge in [0.05, 0.1) is 5.69 Å². The SMILES string of the molecule is Cc1ccc(-c2nc(Nc3ccccc3)sc2C)c(C)c1. The average molecular weight is 294 g/mol. The Morgan fingerprint density at radius 1 is 0.952 bits per heavy atom. The van der Waals surface area contributed by atoms with Crippen LogP contribution in [0.5, 0.6) is 0 Å². The Balaban J connectivity index is 1.94. The fourth-order valence-corrected chi connectivity index (χ4v) is 3.27. The summed E-state index contributed by atoms with van der Waals surface area (Å²) in [5.74, 6) is 0. The Morgan fingerprint density at radius 3 is 2.43 bits per heavy atom. The van der Waals surface area contributed by atoms with Crippen LogP contribution >= 0.6 is 11.3 Å². The summed E-state index contributed by atoms with van der Waals surface area (Å²) in [5, 5.41) is 4.31. The highest BCUT2D eigenvalue weighted by atomic mass is 32.1. The van der Waals surface area contributed by atoms with Crippen molar-refractivity contribution in [3.63, 3.8) is 0 Å². The molecule has 0 amide bonds. The van der Waals surface area contributed by atoms with Crippen molar-refractivity contribution in [2.75, 3.05) is 5.32 Å². The van der Waals surface area contributed by atoms with Gasteiger partial charge >= 0.3 is 0 Å². The van der Waals surface area contributed by atoms with E-state index in [-0.39, 0.29) is 0 Å². The van der Waals surface area contributed by atoms with Crippen LogP contribution < -0.4 is 5.32 Å². The van der Waals surface area contributed by atoms with E-state index in [9.17, 15) is 0 Å². The second kappa shape index (κ2) is 5.70. The first-order valence-electron chi connectivity index (χ1n) is 7.00. The maximum Gasteiger partial charge on any atom is 0.187 e. The molecule has 0 aliphatic heterocycles. The number of nitrogens with one attached hydrogen (secondary N) is 1. The number of aryl methyl sites for hydroxylation is 3. The molecule has 0 bridgehead atoms. The summed E-state index contributed by atoms with van der Waals surface area (Å²) in [4.78, 5) is 6.01. The molecule has 0 atom stereocenters. The minimum atomic E-state index is 0.939. The number of hydrogen-bond acceptors (Lipinski definition) is 3. The molecule has 21 heavy (non-hydrogen) atoms. The van der Waals surface area contributed by atoms with Crippen LogP contribution in [0.15, 0.2) is 48.5 Å². The quantitative estimate of drug-likeness (QED) is 0.692. The van der Waals surface area contributed by atoms with Gasteiger partial charge in [-0.1, -0.05) is 42.0 Å². The largest absolute Gasteiger partial charge is 0.332 e. The minimum absolute atomic E-state index is 0.939. The monoisotopic (exact) mass is 294 g/mol. The lowest BCUT2D eigenvalue weighted by Gasteiger charge is -2.05. The van der Waals surface area contributed by atoms with Crippen molar-refractivity contribution in [3.8, 4) is 11.3 Å². The molecule has 1 aromatic heterocycles. The topological polar surface area (TPSA) is 24.9 Å². The molecule has 1 heterocycles. The van der Waals surface area contributed by atoms with Crippen molar-refractivity contribution in [1.29, 1.82) is 0 Å². The summed E-state index contributed by atoms with van der Waals surface area (Å²) >= 11 is 1.69. The predicted octanol–water partition coefficient (Wildman–Crippen LogP) is 5.48. The van der Waals surface area contributed by atoms with Gasteiger partial charge in [0.25, 0.3) is 0 Å². The van der Waals surface area contributed by atoms with Crippen molar-refractivity contribution in [2.45, 2.75) is 20.8 Å². The summed E-state index contributed by atoms with van der Waals surface area (Å²) in [7, 11) is 0.